The first-order chi connectivity index (χ1) is 11.8. The first kappa shape index (κ1) is 20.0. The van der Waals surface area contributed by atoms with E-state index >= 15 is 0 Å². The molecule has 138 valence electrons. The molecule has 1 fully saturated rings. The molecule has 2 N–H and O–H groups in total. The van der Waals surface area contributed by atoms with Crippen LogP contribution < -0.4 is 10.6 Å². The van der Waals surface area contributed by atoms with Crippen molar-refractivity contribution in [2.45, 2.75) is 45.6 Å². The van der Waals surface area contributed by atoms with Crippen LogP contribution in [0.15, 0.2) is 23.2 Å². The van der Waals surface area contributed by atoms with Crippen molar-refractivity contribution in [3.8, 4) is 0 Å². The van der Waals surface area contributed by atoms with Crippen LogP contribution in [0, 0.1) is 0 Å². The second kappa shape index (κ2) is 9.99. The molecule has 1 amide bonds. The highest BCUT2D eigenvalue weighted by Gasteiger charge is 2.17. The molecule has 1 aromatic carbocycles. The van der Waals surface area contributed by atoms with Crippen molar-refractivity contribution >= 4 is 35.8 Å². The minimum absolute atomic E-state index is 0. The Kier molecular flexibility index (Phi) is 7.99. The number of aliphatic imine (C=N–C) groups is 1. The molecule has 1 heterocycles. The molecule has 1 aromatic rings. The minimum atomic E-state index is 0. The Morgan fingerprint density at radius 2 is 1.88 bits per heavy atom. The normalized spacial score (nSPS) is 16.4. The maximum atomic E-state index is 12.1. The van der Waals surface area contributed by atoms with Crippen LogP contribution in [0.2, 0.25) is 0 Å². The molecular formula is C19H29IN4O. The van der Waals surface area contributed by atoms with Crippen LogP contribution in [0.25, 0.3) is 0 Å². The number of halogens is 1. The lowest BCUT2D eigenvalue weighted by molar-refractivity contribution is -0.128. The van der Waals surface area contributed by atoms with Crippen molar-refractivity contribution in [1.29, 1.82) is 0 Å². The first-order valence-electron chi connectivity index (χ1n) is 9.17. The molecule has 0 saturated carbocycles. The lowest BCUT2D eigenvalue weighted by atomic mass is 10.1. The fourth-order valence-electron chi connectivity index (χ4n) is 3.47. The fraction of sp³-hybridized carbons (Fsp3) is 0.579. The Hall–Kier alpha value is -1.31. The van der Waals surface area contributed by atoms with Crippen LogP contribution in [0.1, 0.15) is 42.9 Å². The van der Waals surface area contributed by atoms with Gasteiger partial charge in [0.1, 0.15) is 0 Å². The molecule has 1 aliphatic heterocycles. The number of aryl methyl sites for hydroxylation is 2. The Balaban J connectivity index is 0.00000225. The summed E-state index contributed by atoms with van der Waals surface area (Å²) >= 11 is 0. The van der Waals surface area contributed by atoms with Gasteiger partial charge in [-0.3, -0.25) is 4.79 Å². The standard InChI is InChI=1S/C19H28N4O.HI/c1-2-20-19(22-14-18(24)23-10-3-4-11-23)21-13-15-8-9-16-6-5-7-17(16)12-15;/h8-9,12H,2-7,10-11,13-14H2,1H3,(H2,20,21,22);1H. The number of carbonyl (C=O) groups excluding carboxylic acids is 1. The maximum absolute atomic E-state index is 12.1. The third kappa shape index (κ3) is 5.59. The molecule has 1 aliphatic carbocycles. The number of nitrogens with one attached hydrogen (secondary N) is 2. The highest BCUT2D eigenvalue weighted by atomic mass is 127. The second-order valence-electron chi connectivity index (χ2n) is 6.59. The summed E-state index contributed by atoms with van der Waals surface area (Å²) in [6, 6.07) is 6.70. The number of fused-ring (bicyclic) bond motifs is 1. The molecule has 25 heavy (non-hydrogen) atoms. The van der Waals surface area contributed by atoms with Crippen LogP contribution in [0.3, 0.4) is 0 Å². The van der Waals surface area contributed by atoms with E-state index in [1.807, 2.05) is 11.8 Å². The Morgan fingerprint density at radius 1 is 1.12 bits per heavy atom. The lowest BCUT2D eigenvalue weighted by Gasteiger charge is -2.17. The number of guanidine groups is 1. The Morgan fingerprint density at radius 3 is 2.64 bits per heavy atom. The highest BCUT2D eigenvalue weighted by Crippen LogP contribution is 2.23. The second-order valence-corrected chi connectivity index (χ2v) is 6.59. The van der Waals surface area contributed by atoms with E-state index in [4.69, 9.17) is 0 Å². The number of carbonyl (C=O) groups is 1. The van der Waals surface area contributed by atoms with Gasteiger partial charge in [-0.2, -0.15) is 0 Å². The van der Waals surface area contributed by atoms with Crippen LogP contribution in [0.5, 0.6) is 0 Å². The smallest absolute Gasteiger partial charge is 0.241 e. The monoisotopic (exact) mass is 456 g/mol. The van der Waals surface area contributed by atoms with Gasteiger partial charge < -0.3 is 15.5 Å². The summed E-state index contributed by atoms with van der Waals surface area (Å²) < 4.78 is 0. The summed E-state index contributed by atoms with van der Waals surface area (Å²) in [5.74, 6) is 0.876. The summed E-state index contributed by atoms with van der Waals surface area (Å²) in [5, 5.41) is 6.39. The SMILES string of the molecule is CCNC(=NCc1ccc2c(c1)CCC2)NCC(=O)N1CCCC1.I. The molecule has 3 rings (SSSR count). The van der Waals surface area contributed by atoms with Crippen LogP contribution in [0.4, 0.5) is 0 Å². The predicted molar refractivity (Wildman–Crippen MR) is 113 cm³/mol. The van der Waals surface area contributed by atoms with E-state index in [1.165, 1.54) is 36.0 Å². The third-order valence-corrected chi connectivity index (χ3v) is 4.79. The number of rotatable bonds is 5. The van der Waals surface area contributed by atoms with Crippen molar-refractivity contribution in [1.82, 2.24) is 15.5 Å². The number of nitrogens with zero attached hydrogens (tertiary/aromatic N) is 2. The molecule has 1 saturated heterocycles. The quantitative estimate of drug-likeness (QED) is 0.407. The van der Waals surface area contributed by atoms with E-state index in [0.717, 1.165) is 32.5 Å². The zero-order valence-corrected chi connectivity index (χ0v) is 17.3. The molecule has 0 spiro atoms. The van der Waals surface area contributed by atoms with Crippen molar-refractivity contribution in [2.24, 2.45) is 4.99 Å². The highest BCUT2D eigenvalue weighted by molar-refractivity contribution is 14.0. The first-order valence-corrected chi connectivity index (χ1v) is 9.17. The fourth-order valence-corrected chi connectivity index (χ4v) is 3.47. The van der Waals surface area contributed by atoms with E-state index in [1.54, 1.807) is 0 Å². The zero-order chi connectivity index (χ0) is 16.8. The van der Waals surface area contributed by atoms with Gasteiger partial charge in [0.15, 0.2) is 5.96 Å². The average Bonchev–Trinajstić information content (AvgIpc) is 3.27. The molecule has 2 aliphatic rings. The molecular weight excluding hydrogens is 427 g/mol. The third-order valence-electron chi connectivity index (χ3n) is 4.79. The van der Waals surface area contributed by atoms with E-state index < -0.39 is 0 Å². The van der Waals surface area contributed by atoms with Crippen molar-refractivity contribution in [2.75, 3.05) is 26.2 Å². The lowest BCUT2D eigenvalue weighted by Crippen LogP contribution is -2.44. The summed E-state index contributed by atoms with van der Waals surface area (Å²) in [6.07, 6.45) is 5.92. The van der Waals surface area contributed by atoms with Gasteiger partial charge in [-0.1, -0.05) is 18.2 Å². The number of likely N-dealkylation sites (tertiary alicyclic amines) is 1. The van der Waals surface area contributed by atoms with Gasteiger partial charge in [0.2, 0.25) is 5.91 Å². The molecule has 0 radical (unpaired) electrons. The van der Waals surface area contributed by atoms with Gasteiger partial charge in [0.05, 0.1) is 13.1 Å². The largest absolute Gasteiger partial charge is 0.357 e. The van der Waals surface area contributed by atoms with E-state index in [-0.39, 0.29) is 29.9 Å². The molecule has 0 atom stereocenters. The van der Waals surface area contributed by atoms with E-state index in [2.05, 4.69) is 33.8 Å². The van der Waals surface area contributed by atoms with E-state index in [9.17, 15) is 4.79 Å². The van der Waals surface area contributed by atoms with E-state index in [0.29, 0.717) is 19.0 Å². The Bertz CT molecular complexity index is 611. The van der Waals surface area contributed by atoms with Gasteiger partial charge in [-0.05, 0) is 55.7 Å². The van der Waals surface area contributed by atoms with Crippen LogP contribution in [-0.4, -0.2) is 42.9 Å². The summed E-state index contributed by atoms with van der Waals surface area (Å²) in [6.45, 7) is 5.56. The van der Waals surface area contributed by atoms with Crippen molar-refractivity contribution in [3.05, 3.63) is 34.9 Å². The molecule has 5 nitrogen and oxygen atoms in total. The van der Waals surface area contributed by atoms with Gasteiger partial charge in [-0.25, -0.2) is 4.99 Å². The molecule has 0 bridgehead atoms. The van der Waals surface area contributed by atoms with Gasteiger partial charge in [0.25, 0.3) is 0 Å². The van der Waals surface area contributed by atoms with Gasteiger partial charge >= 0.3 is 0 Å². The summed E-state index contributed by atoms with van der Waals surface area (Å²) in [4.78, 5) is 18.7. The van der Waals surface area contributed by atoms with Gasteiger partial charge in [-0.15, -0.1) is 24.0 Å². The molecule has 6 heteroatoms. The number of hydrogen-bond acceptors (Lipinski definition) is 2. The van der Waals surface area contributed by atoms with Crippen molar-refractivity contribution < 1.29 is 4.79 Å². The number of hydrogen-bond donors (Lipinski definition) is 2. The maximum Gasteiger partial charge on any atom is 0.241 e. The molecule has 0 aromatic heterocycles. The molecule has 0 unspecified atom stereocenters. The topological polar surface area (TPSA) is 56.7 Å². The van der Waals surface area contributed by atoms with Crippen molar-refractivity contribution in [3.63, 3.8) is 0 Å². The van der Waals surface area contributed by atoms with Crippen LogP contribution in [-0.2, 0) is 24.2 Å². The number of amides is 1. The minimum Gasteiger partial charge on any atom is -0.357 e. The van der Waals surface area contributed by atoms with Gasteiger partial charge in [0, 0.05) is 19.6 Å². The summed E-state index contributed by atoms with van der Waals surface area (Å²) in [7, 11) is 0. The number of benzene rings is 1. The predicted octanol–water partition coefficient (Wildman–Crippen LogP) is 2.47. The Labute approximate surface area is 167 Å². The summed E-state index contributed by atoms with van der Waals surface area (Å²) in [5.41, 5.74) is 4.20. The average molecular weight is 456 g/mol. The van der Waals surface area contributed by atoms with Crippen LogP contribution >= 0.6 is 24.0 Å². The zero-order valence-electron chi connectivity index (χ0n) is 15.0.